The summed E-state index contributed by atoms with van der Waals surface area (Å²) in [5.41, 5.74) is 0.929. The van der Waals surface area contributed by atoms with E-state index in [9.17, 15) is 9.59 Å². The van der Waals surface area contributed by atoms with E-state index >= 15 is 0 Å². The van der Waals surface area contributed by atoms with E-state index in [4.69, 9.17) is 4.74 Å². The van der Waals surface area contributed by atoms with Gasteiger partial charge >= 0.3 is 0 Å². The van der Waals surface area contributed by atoms with Crippen LogP contribution in [0.15, 0.2) is 0 Å². The van der Waals surface area contributed by atoms with Gasteiger partial charge in [-0.3, -0.25) is 9.59 Å². The van der Waals surface area contributed by atoms with Gasteiger partial charge in [0.25, 0.3) is 0 Å². The van der Waals surface area contributed by atoms with Crippen molar-refractivity contribution in [2.45, 2.75) is 104 Å². The van der Waals surface area contributed by atoms with Crippen molar-refractivity contribution < 1.29 is 14.3 Å². The molecule has 0 saturated carbocycles. The molecule has 0 aliphatic carbocycles. The summed E-state index contributed by atoms with van der Waals surface area (Å²) >= 11 is 1.47. The summed E-state index contributed by atoms with van der Waals surface area (Å²) in [5.74, 6) is -0.132. The fraction of sp³-hybridized carbons (Fsp3) is 0.792. The van der Waals surface area contributed by atoms with Crippen LogP contribution < -0.4 is 5.32 Å². The average Bonchev–Trinajstić information content (AvgIpc) is 3.35. The first-order valence-electron chi connectivity index (χ1n) is 12.1. The summed E-state index contributed by atoms with van der Waals surface area (Å²) in [6.07, 6.45) is 13.5. The maximum absolute atomic E-state index is 12.9. The van der Waals surface area contributed by atoms with Crippen LogP contribution in [0.5, 0.6) is 0 Å². The monoisotopic (exact) mass is 451 g/mol. The van der Waals surface area contributed by atoms with E-state index in [0.717, 1.165) is 42.9 Å². The molecule has 1 saturated heterocycles. The molecule has 1 unspecified atom stereocenters. The van der Waals surface area contributed by atoms with Gasteiger partial charge < -0.3 is 15.0 Å². The molecule has 1 aliphatic heterocycles. The Bertz CT molecular complexity index is 652. The van der Waals surface area contributed by atoms with E-state index in [1.165, 1.54) is 56.3 Å². The van der Waals surface area contributed by atoms with Crippen molar-refractivity contribution in [2.75, 3.05) is 25.0 Å². The van der Waals surface area contributed by atoms with Gasteiger partial charge in [0.15, 0.2) is 5.13 Å². The first kappa shape index (κ1) is 25.8. The van der Waals surface area contributed by atoms with Crippen molar-refractivity contribution in [3.8, 4) is 0 Å². The van der Waals surface area contributed by atoms with Crippen molar-refractivity contribution in [2.24, 2.45) is 0 Å². The molecule has 0 aromatic carbocycles. The molecule has 2 amide bonds. The van der Waals surface area contributed by atoms with Crippen LogP contribution in [0.3, 0.4) is 0 Å². The maximum Gasteiger partial charge on any atom is 0.245 e. The number of carbonyl (C=O) groups is 2. The Morgan fingerprint density at radius 1 is 1.10 bits per heavy atom. The molecule has 1 aromatic heterocycles. The minimum absolute atomic E-state index is 0.0456. The second-order valence-electron chi connectivity index (χ2n) is 8.70. The highest BCUT2D eigenvalue weighted by Gasteiger charge is 2.24. The Labute approximate surface area is 192 Å². The Morgan fingerprint density at radius 2 is 1.77 bits per heavy atom. The molecule has 0 spiro atoms. The van der Waals surface area contributed by atoms with Crippen molar-refractivity contribution >= 4 is 28.3 Å². The molecule has 1 aliphatic rings. The van der Waals surface area contributed by atoms with Gasteiger partial charge in [-0.15, -0.1) is 11.3 Å². The fourth-order valence-corrected chi connectivity index (χ4v) is 4.72. The number of nitrogens with zero attached hydrogens (tertiary/aromatic N) is 2. The van der Waals surface area contributed by atoms with Crippen LogP contribution in [-0.4, -0.2) is 47.5 Å². The second kappa shape index (κ2) is 14.6. The zero-order chi connectivity index (χ0) is 22.5. The van der Waals surface area contributed by atoms with Gasteiger partial charge in [0, 0.05) is 24.4 Å². The van der Waals surface area contributed by atoms with Gasteiger partial charge in [-0.1, -0.05) is 58.3 Å². The molecule has 1 N–H and O–H groups in total. The van der Waals surface area contributed by atoms with Crippen LogP contribution in [0.25, 0.3) is 0 Å². The molecule has 0 bridgehead atoms. The molecule has 1 aromatic rings. The third kappa shape index (κ3) is 10.1. The minimum atomic E-state index is -0.188. The fourth-order valence-electron chi connectivity index (χ4n) is 3.89. The van der Waals surface area contributed by atoms with Crippen LogP contribution in [0.1, 0.15) is 94.5 Å². The van der Waals surface area contributed by atoms with Gasteiger partial charge in [-0.2, -0.15) is 0 Å². The quantitative estimate of drug-likeness (QED) is 0.351. The van der Waals surface area contributed by atoms with Gasteiger partial charge in [-0.05, 0) is 33.1 Å². The number of amides is 2. The normalized spacial score (nSPS) is 15.9. The second-order valence-corrected chi connectivity index (χ2v) is 9.90. The minimum Gasteiger partial charge on any atom is -0.376 e. The molecule has 6 nitrogen and oxygen atoms in total. The van der Waals surface area contributed by atoms with Crippen molar-refractivity contribution in [3.05, 3.63) is 10.6 Å². The lowest BCUT2D eigenvalue weighted by Gasteiger charge is -2.25. The van der Waals surface area contributed by atoms with Crippen LogP contribution >= 0.6 is 11.3 Å². The lowest BCUT2D eigenvalue weighted by atomic mass is 10.1. The van der Waals surface area contributed by atoms with Gasteiger partial charge in [-0.25, -0.2) is 4.98 Å². The van der Waals surface area contributed by atoms with Crippen LogP contribution in [0, 0.1) is 13.8 Å². The largest absolute Gasteiger partial charge is 0.376 e. The third-order valence-corrected chi connectivity index (χ3v) is 6.89. The topological polar surface area (TPSA) is 71.5 Å². The SMILES string of the molecule is CCCCCCCCCCCC(=O)N(CC(=O)Nc1nc(C)c(C)s1)CC1CCCO1. The number of anilines is 1. The Hall–Kier alpha value is -1.47. The summed E-state index contributed by atoms with van der Waals surface area (Å²) in [5, 5.41) is 3.45. The summed E-state index contributed by atoms with van der Waals surface area (Å²) in [6, 6.07) is 0. The molecule has 31 heavy (non-hydrogen) atoms. The van der Waals surface area contributed by atoms with Crippen molar-refractivity contribution in [3.63, 3.8) is 0 Å². The maximum atomic E-state index is 12.9. The molecule has 1 atom stereocenters. The number of thiazole rings is 1. The Balaban J connectivity index is 1.74. The smallest absolute Gasteiger partial charge is 0.245 e. The lowest BCUT2D eigenvalue weighted by molar-refractivity contribution is -0.136. The van der Waals surface area contributed by atoms with Crippen LogP contribution in [0.2, 0.25) is 0 Å². The molecule has 176 valence electrons. The Kier molecular flexibility index (Phi) is 12.1. The van der Waals surface area contributed by atoms with Crippen LogP contribution in [-0.2, 0) is 14.3 Å². The predicted octanol–water partition coefficient (Wildman–Crippen LogP) is 5.63. The number of aromatic nitrogens is 1. The number of nitrogens with one attached hydrogen (secondary N) is 1. The summed E-state index contributed by atoms with van der Waals surface area (Å²) in [4.78, 5) is 32.6. The van der Waals surface area contributed by atoms with Crippen molar-refractivity contribution in [1.82, 2.24) is 9.88 Å². The molecule has 7 heteroatoms. The number of hydrogen-bond donors (Lipinski definition) is 1. The lowest BCUT2D eigenvalue weighted by Crippen LogP contribution is -2.42. The zero-order valence-electron chi connectivity index (χ0n) is 19.7. The van der Waals surface area contributed by atoms with E-state index in [-0.39, 0.29) is 24.5 Å². The number of ether oxygens (including phenoxy) is 1. The highest BCUT2D eigenvalue weighted by atomic mass is 32.1. The molecular formula is C24H41N3O3S. The van der Waals surface area contributed by atoms with E-state index in [0.29, 0.717) is 18.1 Å². The molecule has 0 radical (unpaired) electrons. The molecule has 2 heterocycles. The highest BCUT2D eigenvalue weighted by Crippen LogP contribution is 2.21. The number of aryl methyl sites for hydroxylation is 2. The zero-order valence-corrected chi connectivity index (χ0v) is 20.5. The summed E-state index contributed by atoms with van der Waals surface area (Å²) in [6.45, 7) is 7.47. The number of unbranched alkanes of at least 4 members (excludes halogenated alkanes) is 8. The molecule has 2 rings (SSSR count). The first-order valence-corrected chi connectivity index (χ1v) is 12.9. The standard InChI is InChI=1S/C24H41N3O3S/c1-4-5-6-7-8-9-10-11-12-15-23(29)27(17-21-14-13-16-30-21)18-22(28)26-24-25-19(2)20(3)31-24/h21H,4-18H2,1-3H3,(H,25,26,28). The molecular weight excluding hydrogens is 410 g/mol. The van der Waals surface area contributed by atoms with Gasteiger partial charge in [0.2, 0.25) is 11.8 Å². The van der Waals surface area contributed by atoms with Gasteiger partial charge in [0.05, 0.1) is 11.8 Å². The van der Waals surface area contributed by atoms with Crippen molar-refractivity contribution in [1.29, 1.82) is 0 Å². The highest BCUT2D eigenvalue weighted by molar-refractivity contribution is 7.15. The number of rotatable bonds is 15. The summed E-state index contributed by atoms with van der Waals surface area (Å²) < 4.78 is 5.71. The summed E-state index contributed by atoms with van der Waals surface area (Å²) in [7, 11) is 0. The van der Waals surface area contributed by atoms with E-state index in [1.807, 2.05) is 13.8 Å². The molecule has 1 fully saturated rings. The van der Waals surface area contributed by atoms with Crippen LogP contribution in [0.4, 0.5) is 5.13 Å². The predicted molar refractivity (Wildman–Crippen MR) is 128 cm³/mol. The average molecular weight is 452 g/mol. The third-order valence-electron chi connectivity index (χ3n) is 5.90. The van der Waals surface area contributed by atoms with E-state index < -0.39 is 0 Å². The Morgan fingerprint density at radius 3 is 2.35 bits per heavy atom. The number of carbonyl (C=O) groups excluding carboxylic acids is 2. The number of hydrogen-bond acceptors (Lipinski definition) is 5. The van der Waals surface area contributed by atoms with E-state index in [2.05, 4.69) is 17.2 Å². The van der Waals surface area contributed by atoms with Gasteiger partial charge in [0.1, 0.15) is 6.54 Å². The van der Waals surface area contributed by atoms with E-state index in [1.54, 1.807) is 4.90 Å². The first-order chi connectivity index (χ1) is 15.0.